The summed E-state index contributed by atoms with van der Waals surface area (Å²) in [6.07, 6.45) is 0. The average molecular weight is 316 g/mol. The van der Waals surface area contributed by atoms with Crippen molar-refractivity contribution in [2.24, 2.45) is 0 Å². The molecule has 19 heavy (non-hydrogen) atoms. The Morgan fingerprint density at radius 2 is 1.79 bits per heavy atom. The number of carbonyl (C=O) groups excluding carboxylic acids is 1. The second-order valence-electron chi connectivity index (χ2n) is 3.75. The van der Waals surface area contributed by atoms with Gasteiger partial charge in [-0.25, -0.2) is 4.39 Å². The minimum absolute atomic E-state index is 0.0420. The Balaban J connectivity index is 2.29. The fraction of sp³-hybridized carbons (Fsp3) is 0. The molecule has 0 fully saturated rings. The minimum atomic E-state index is -0.564. The van der Waals surface area contributed by atoms with Crippen LogP contribution in [-0.2, 0) is 0 Å². The quantitative estimate of drug-likeness (QED) is 0.774. The largest absolute Gasteiger partial charge is 0.319 e. The van der Waals surface area contributed by atoms with Crippen molar-refractivity contribution in [1.82, 2.24) is 0 Å². The summed E-state index contributed by atoms with van der Waals surface area (Å²) in [5.74, 6) is -0.961. The maximum absolute atomic E-state index is 13.0. The zero-order valence-corrected chi connectivity index (χ0v) is 11.9. The summed E-state index contributed by atoms with van der Waals surface area (Å²) in [4.78, 5) is 12.7. The molecule has 0 aromatic heterocycles. The molecule has 0 atom stereocenters. The summed E-state index contributed by atoms with van der Waals surface area (Å²) in [6.45, 7) is 0. The number of hydrogen-bond donors (Lipinski definition) is 2. The van der Waals surface area contributed by atoms with Crippen LogP contribution < -0.4 is 5.32 Å². The van der Waals surface area contributed by atoms with Crippen LogP contribution in [0.5, 0.6) is 0 Å². The molecule has 0 saturated heterocycles. The molecule has 0 unspecified atom stereocenters. The smallest absolute Gasteiger partial charge is 0.255 e. The molecule has 0 saturated carbocycles. The van der Waals surface area contributed by atoms with E-state index < -0.39 is 11.7 Å². The number of carbonyl (C=O) groups is 1. The van der Waals surface area contributed by atoms with Crippen molar-refractivity contribution in [3.63, 3.8) is 0 Å². The highest BCUT2D eigenvalue weighted by atomic mass is 35.5. The molecule has 0 radical (unpaired) electrons. The predicted octanol–water partition coefficient (Wildman–Crippen LogP) is 4.67. The zero-order valence-electron chi connectivity index (χ0n) is 9.45. The summed E-state index contributed by atoms with van der Waals surface area (Å²) in [7, 11) is 0. The summed E-state index contributed by atoms with van der Waals surface area (Å²) in [6, 6.07) is 8.84. The molecule has 2 nitrogen and oxygen atoms in total. The molecular weight excluding hydrogens is 308 g/mol. The van der Waals surface area contributed by atoms with Crippen LogP contribution in [0.2, 0.25) is 10.0 Å². The summed E-state index contributed by atoms with van der Waals surface area (Å²) >= 11 is 15.8. The van der Waals surface area contributed by atoms with Crippen LogP contribution in [0.3, 0.4) is 0 Å². The normalized spacial score (nSPS) is 10.3. The molecule has 98 valence electrons. The molecule has 2 rings (SSSR count). The van der Waals surface area contributed by atoms with Crippen LogP contribution in [0.1, 0.15) is 10.4 Å². The Kier molecular flexibility index (Phi) is 4.34. The van der Waals surface area contributed by atoms with Crippen LogP contribution in [0.25, 0.3) is 0 Å². The lowest BCUT2D eigenvalue weighted by atomic mass is 10.2. The molecule has 0 spiro atoms. The van der Waals surface area contributed by atoms with E-state index in [0.717, 1.165) is 12.1 Å². The predicted molar refractivity (Wildman–Crippen MR) is 78.1 cm³/mol. The Morgan fingerprint density at radius 1 is 1.16 bits per heavy atom. The van der Waals surface area contributed by atoms with Gasteiger partial charge in [0.25, 0.3) is 5.91 Å². The van der Waals surface area contributed by atoms with Crippen molar-refractivity contribution in [2.45, 2.75) is 4.90 Å². The molecule has 6 heteroatoms. The van der Waals surface area contributed by atoms with Crippen molar-refractivity contribution in [1.29, 1.82) is 0 Å². The highest BCUT2D eigenvalue weighted by Crippen LogP contribution is 2.31. The van der Waals surface area contributed by atoms with Gasteiger partial charge >= 0.3 is 0 Å². The number of thiol groups is 1. The topological polar surface area (TPSA) is 29.1 Å². The van der Waals surface area contributed by atoms with Gasteiger partial charge in [0.05, 0.1) is 15.7 Å². The van der Waals surface area contributed by atoms with E-state index in [1.54, 1.807) is 24.3 Å². The minimum Gasteiger partial charge on any atom is -0.319 e. The van der Waals surface area contributed by atoms with Crippen LogP contribution in [0.15, 0.2) is 41.3 Å². The molecule has 0 bridgehead atoms. The maximum atomic E-state index is 13.0. The Labute approximate surface area is 124 Å². The number of hydrogen-bond acceptors (Lipinski definition) is 2. The maximum Gasteiger partial charge on any atom is 0.255 e. The highest BCUT2D eigenvalue weighted by Gasteiger charge is 2.13. The molecule has 1 amide bonds. The van der Waals surface area contributed by atoms with Gasteiger partial charge in [0.2, 0.25) is 0 Å². The lowest BCUT2D eigenvalue weighted by molar-refractivity contribution is 0.102. The van der Waals surface area contributed by atoms with E-state index in [2.05, 4.69) is 17.9 Å². The van der Waals surface area contributed by atoms with Gasteiger partial charge in [-0.05, 0) is 30.3 Å². The highest BCUT2D eigenvalue weighted by molar-refractivity contribution is 7.80. The molecule has 2 aromatic carbocycles. The van der Waals surface area contributed by atoms with Gasteiger partial charge in [-0.15, -0.1) is 12.6 Å². The van der Waals surface area contributed by atoms with Crippen molar-refractivity contribution in [2.75, 3.05) is 5.32 Å². The first-order valence-electron chi connectivity index (χ1n) is 5.22. The number of nitrogens with one attached hydrogen (secondary N) is 1. The fourth-order valence-electron chi connectivity index (χ4n) is 1.49. The van der Waals surface area contributed by atoms with E-state index in [1.165, 1.54) is 0 Å². The molecule has 0 aliphatic rings. The van der Waals surface area contributed by atoms with Crippen molar-refractivity contribution in [3.05, 3.63) is 57.8 Å². The molecular formula is C13H8Cl2FNOS. The average Bonchev–Trinajstić information content (AvgIpc) is 2.33. The van der Waals surface area contributed by atoms with Crippen molar-refractivity contribution >= 4 is 47.4 Å². The first kappa shape index (κ1) is 14.2. The van der Waals surface area contributed by atoms with Crippen LogP contribution in [0, 0.1) is 5.82 Å². The summed E-state index contributed by atoms with van der Waals surface area (Å²) in [5.41, 5.74) is 0.586. The number of halogens is 3. The van der Waals surface area contributed by atoms with E-state index in [9.17, 15) is 9.18 Å². The monoisotopic (exact) mass is 315 g/mol. The van der Waals surface area contributed by atoms with Crippen LogP contribution in [0.4, 0.5) is 10.1 Å². The second kappa shape index (κ2) is 5.82. The molecule has 0 aliphatic carbocycles. The standard InChI is InChI=1S/C13H8Cl2FNOS/c14-10-5-8(16)6-11(15)12(10)17-13(18)7-2-1-3-9(19)4-7/h1-6,19H,(H,17,18). The van der Waals surface area contributed by atoms with E-state index in [1.807, 2.05) is 0 Å². The SMILES string of the molecule is O=C(Nc1c(Cl)cc(F)cc1Cl)c1cccc(S)c1. The molecule has 0 aliphatic heterocycles. The van der Waals surface area contributed by atoms with Crippen molar-refractivity contribution in [3.8, 4) is 0 Å². The molecule has 0 heterocycles. The summed E-state index contributed by atoms with van der Waals surface area (Å²) < 4.78 is 13.0. The lowest BCUT2D eigenvalue weighted by Crippen LogP contribution is -2.12. The lowest BCUT2D eigenvalue weighted by Gasteiger charge is -2.09. The number of benzene rings is 2. The third kappa shape index (κ3) is 3.41. The third-order valence-corrected chi connectivity index (χ3v) is 3.23. The van der Waals surface area contributed by atoms with Gasteiger partial charge < -0.3 is 5.32 Å². The Hall–Kier alpha value is -1.23. The van der Waals surface area contributed by atoms with Gasteiger partial charge in [0.15, 0.2) is 0 Å². The fourth-order valence-corrected chi connectivity index (χ4v) is 2.27. The van der Waals surface area contributed by atoms with Crippen LogP contribution in [-0.4, -0.2) is 5.91 Å². The number of amides is 1. The van der Waals surface area contributed by atoms with Crippen molar-refractivity contribution < 1.29 is 9.18 Å². The molecule has 1 N–H and O–H groups in total. The third-order valence-electron chi connectivity index (χ3n) is 2.35. The van der Waals surface area contributed by atoms with Gasteiger partial charge in [-0.1, -0.05) is 29.3 Å². The van der Waals surface area contributed by atoms with Gasteiger partial charge in [-0.2, -0.15) is 0 Å². The first-order valence-corrected chi connectivity index (χ1v) is 6.42. The van der Waals surface area contributed by atoms with Gasteiger partial charge in [0, 0.05) is 10.5 Å². The van der Waals surface area contributed by atoms with Crippen LogP contribution >= 0.6 is 35.8 Å². The molecule has 2 aromatic rings. The Morgan fingerprint density at radius 3 is 2.37 bits per heavy atom. The summed E-state index contributed by atoms with van der Waals surface area (Å²) in [5, 5.41) is 2.63. The zero-order chi connectivity index (χ0) is 14.0. The first-order chi connectivity index (χ1) is 8.97. The van der Waals surface area contributed by atoms with Gasteiger partial charge in [0.1, 0.15) is 5.82 Å². The van der Waals surface area contributed by atoms with E-state index in [-0.39, 0.29) is 15.7 Å². The van der Waals surface area contributed by atoms with E-state index in [0.29, 0.717) is 10.5 Å². The number of rotatable bonds is 2. The number of anilines is 1. The Bertz CT molecular complexity index is 625. The van der Waals surface area contributed by atoms with E-state index >= 15 is 0 Å². The van der Waals surface area contributed by atoms with E-state index in [4.69, 9.17) is 23.2 Å². The van der Waals surface area contributed by atoms with Gasteiger partial charge in [-0.3, -0.25) is 4.79 Å². The second-order valence-corrected chi connectivity index (χ2v) is 5.08.